The quantitative estimate of drug-likeness (QED) is 0.324. The summed E-state index contributed by atoms with van der Waals surface area (Å²) in [4.78, 5) is 28.8. The van der Waals surface area contributed by atoms with E-state index >= 15 is 0 Å². The molecule has 3 heterocycles. The molecule has 10 nitrogen and oxygen atoms in total. The Labute approximate surface area is 186 Å². The maximum absolute atomic E-state index is 13.3. The third-order valence-corrected chi connectivity index (χ3v) is 6.37. The van der Waals surface area contributed by atoms with Gasteiger partial charge in [-0.1, -0.05) is 12.1 Å². The lowest BCUT2D eigenvalue weighted by Gasteiger charge is -2.27. The average molecular weight is 451 g/mol. The molecule has 0 unspecified atom stereocenters. The first kappa shape index (κ1) is 23.1. The van der Waals surface area contributed by atoms with Gasteiger partial charge in [0.15, 0.2) is 0 Å². The Kier molecular flexibility index (Phi) is 7.71. The minimum Gasteiger partial charge on any atom is -0.385 e. The highest BCUT2D eigenvalue weighted by Gasteiger charge is 2.23. The number of morpholine rings is 2. The predicted molar refractivity (Wildman–Crippen MR) is 117 cm³/mol. The first-order chi connectivity index (χ1) is 15.5. The molecule has 0 saturated carbocycles. The first-order valence-electron chi connectivity index (χ1n) is 11.4. The van der Waals surface area contributed by atoms with Crippen molar-refractivity contribution in [1.82, 2.24) is 9.13 Å². The molecule has 1 aromatic carbocycles. The van der Waals surface area contributed by atoms with E-state index in [-0.39, 0.29) is 13.1 Å². The number of aliphatic hydroxyl groups excluding tert-OH is 2. The summed E-state index contributed by atoms with van der Waals surface area (Å²) < 4.78 is 13.3. The van der Waals surface area contributed by atoms with E-state index in [1.165, 1.54) is 14.4 Å². The van der Waals surface area contributed by atoms with Gasteiger partial charge in [0.25, 0.3) is 5.56 Å². The second-order valence-corrected chi connectivity index (χ2v) is 8.77. The topological polar surface area (TPSA) is 112 Å². The number of nitrogens with one attached hydrogen (secondary N) is 2. The molecule has 2 saturated heterocycles. The predicted octanol–water partition coefficient (Wildman–Crippen LogP) is -4.28. The number of para-hydroxylation sites is 1. The van der Waals surface area contributed by atoms with E-state index < -0.39 is 23.5 Å². The molecule has 2 aliphatic heterocycles. The molecule has 10 heteroatoms. The molecule has 32 heavy (non-hydrogen) atoms. The van der Waals surface area contributed by atoms with E-state index in [2.05, 4.69) is 0 Å². The molecular weight excluding hydrogens is 416 g/mol. The van der Waals surface area contributed by atoms with Crippen LogP contribution in [0.3, 0.4) is 0 Å². The standard InChI is InChI=1S/C22H32N4O6/c27-17(13-23-5-9-31-10-6-23)15-25-20-4-2-1-3-19(20)21(29)26(22(25)30)16-18(28)14-24-7-11-32-12-8-24/h1-4,17-18,27-28H,5-16H2/p+2/t17-,18+/m0/s1. The molecule has 1 aromatic heterocycles. The van der Waals surface area contributed by atoms with E-state index in [9.17, 15) is 19.8 Å². The van der Waals surface area contributed by atoms with Crippen LogP contribution in [-0.4, -0.2) is 97.3 Å². The number of ether oxygens (including phenoxy) is 2. The molecule has 0 aliphatic carbocycles. The van der Waals surface area contributed by atoms with Gasteiger partial charge in [-0.15, -0.1) is 0 Å². The number of aliphatic hydroxyl groups is 2. The molecule has 2 aliphatic rings. The Hall–Kier alpha value is -2.08. The summed E-state index contributed by atoms with van der Waals surface area (Å²) in [5.74, 6) is 0. The minimum atomic E-state index is -0.828. The number of benzene rings is 1. The first-order valence-corrected chi connectivity index (χ1v) is 11.4. The highest BCUT2D eigenvalue weighted by molar-refractivity contribution is 5.77. The van der Waals surface area contributed by atoms with E-state index in [1.807, 2.05) is 0 Å². The van der Waals surface area contributed by atoms with Crippen molar-refractivity contribution in [1.29, 1.82) is 0 Å². The van der Waals surface area contributed by atoms with Gasteiger partial charge in [-0.05, 0) is 12.1 Å². The molecular formula is C22H34N4O6+2. The summed E-state index contributed by atoms with van der Waals surface area (Å²) in [6.45, 7) is 6.83. The lowest BCUT2D eigenvalue weighted by atomic mass is 10.2. The van der Waals surface area contributed by atoms with Gasteiger partial charge in [-0.25, -0.2) is 4.79 Å². The van der Waals surface area contributed by atoms with E-state index in [0.717, 1.165) is 30.7 Å². The van der Waals surface area contributed by atoms with E-state index in [4.69, 9.17) is 9.47 Å². The minimum absolute atomic E-state index is 0.0718. The maximum atomic E-state index is 13.3. The number of hydrogen-bond acceptors (Lipinski definition) is 6. The summed E-state index contributed by atoms with van der Waals surface area (Å²) in [7, 11) is 0. The molecule has 2 fully saturated rings. The number of rotatable bonds is 8. The van der Waals surface area contributed by atoms with Gasteiger partial charge in [0.2, 0.25) is 0 Å². The van der Waals surface area contributed by atoms with Crippen molar-refractivity contribution in [2.75, 3.05) is 65.7 Å². The van der Waals surface area contributed by atoms with Crippen LogP contribution in [0.4, 0.5) is 0 Å². The van der Waals surface area contributed by atoms with Crippen LogP contribution in [0.2, 0.25) is 0 Å². The number of aromatic nitrogens is 2. The van der Waals surface area contributed by atoms with Crippen molar-refractivity contribution in [2.45, 2.75) is 25.3 Å². The summed E-state index contributed by atoms with van der Waals surface area (Å²) in [6.07, 6.45) is -1.57. The summed E-state index contributed by atoms with van der Waals surface area (Å²) >= 11 is 0. The zero-order valence-electron chi connectivity index (χ0n) is 18.4. The smallest absolute Gasteiger partial charge is 0.331 e. The summed E-state index contributed by atoms with van der Waals surface area (Å²) in [5, 5.41) is 21.8. The fraction of sp³-hybridized carbons (Fsp3) is 0.636. The fourth-order valence-electron chi connectivity index (χ4n) is 4.65. The average Bonchev–Trinajstić information content (AvgIpc) is 2.81. The molecule has 2 aromatic rings. The lowest BCUT2D eigenvalue weighted by molar-refractivity contribution is -0.911. The SMILES string of the molecule is O=c1c2ccccc2n(C[C@@H](O)C[NH+]2CCOCC2)c(=O)n1C[C@H](O)C[NH+]1CCOCC1. The number of quaternary nitrogens is 2. The van der Waals surface area contributed by atoms with Crippen LogP contribution in [0.1, 0.15) is 0 Å². The van der Waals surface area contributed by atoms with Gasteiger partial charge in [0.1, 0.15) is 51.5 Å². The summed E-state index contributed by atoms with van der Waals surface area (Å²) in [6, 6.07) is 6.94. The highest BCUT2D eigenvalue weighted by Crippen LogP contribution is 2.08. The Morgan fingerprint density at radius 3 is 1.88 bits per heavy atom. The van der Waals surface area contributed by atoms with Crippen molar-refractivity contribution in [2.24, 2.45) is 0 Å². The highest BCUT2D eigenvalue weighted by atomic mass is 16.5. The van der Waals surface area contributed by atoms with E-state index in [0.29, 0.717) is 50.4 Å². The van der Waals surface area contributed by atoms with Crippen LogP contribution in [-0.2, 0) is 22.6 Å². The molecule has 4 N–H and O–H groups in total. The Morgan fingerprint density at radius 1 is 0.812 bits per heavy atom. The third kappa shape index (κ3) is 5.45. The zero-order valence-corrected chi connectivity index (χ0v) is 18.4. The van der Waals surface area contributed by atoms with Gasteiger partial charge >= 0.3 is 5.69 Å². The van der Waals surface area contributed by atoms with Crippen LogP contribution in [0, 0.1) is 0 Å². The molecule has 4 rings (SSSR count). The number of hydrogen-bond donors (Lipinski definition) is 4. The van der Waals surface area contributed by atoms with Gasteiger partial charge in [-0.3, -0.25) is 13.9 Å². The van der Waals surface area contributed by atoms with Gasteiger partial charge in [0, 0.05) is 0 Å². The van der Waals surface area contributed by atoms with Crippen LogP contribution in [0.25, 0.3) is 10.9 Å². The Balaban J connectivity index is 1.57. The Bertz CT molecular complexity index is 1010. The lowest BCUT2D eigenvalue weighted by Crippen LogP contribution is -3.15. The molecule has 0 radical (unpaired) electrons. The monoisotopic (exact) mass is 450 g/mol. The largest absolute Gasteiger partial charge is 0.385 e. The molecule has 0 bridgehead atoms. The molecule has 0 amide bonds. The fourth-order valence-corrected chi connectivity index (χ4v) is 4.65. The molecule has 2 atom stereocenters. The van der Waals surface area contributed by atoms with Crippen molar-refractivity contribution < 1.29 is 29.5 Å². The van der Waals surface area contributed by atoms with Gasteiger partial charge in [0.05, 0.1) is 50.4 Å². The van der Waals surface area contributed by atoms with Crippen molar-refractivity contribution in [3.63, 3.8) is 0 Å². The van der Waals surface area contributed by atoms with Crippen LogP contribution in [0.15, 0.2) is 33.9 Å². The zero-order chi connectivity index (χ0) is 22.5. The van der Waals surface area contributed by atoms with Crippen LogP contribution >= 0.6 is 0 Å². The van der Waals surface area contributed by atoms with Crippen LogP contribution in [0.5, 0.6) is 0 Å². The van der Waals surface area contributed by atoms with Gasteiger partial charge < -0.3 is 29.5 Å². The second kappa shape index (κ2) is 10.7. The Morgan fingerprint density at radius 2 is 1.31 bits per heavy atom. The summed E-state index contributed by atoms with van der Waals surface area (Å²) in [5.41, 5.74) is -0.407. The normalized spacial score (nSPS) is 20.4. The van der Waals surface area contributed by atoms with Crippen molar-refractivity contribution in [3.05, 3.63) is 45.1 Å². The van der Waals surface area contributed by atoms with Crippen molar-refractivity contribution in [3.8, 4) is 0 Å². The number of fused-ring (bicyclic) bond motifs is 1. The van der Waals surface area contributed by atoms with Crippen molar-refractivity contribution >= 4 is 10.9 Å². The maximum Gasteiger partial charge on any atom is 0.331 e. The van der Waals surface area contributed by atoms with E-state index in [1.54, 1.807) is 24.3 Å². The van der Waals surface area contributed by atoms with Gasteiger partial charge in [-0.2, -0.15) is 0 Å². The van der Waals surface area contributed by atoms with Crippen LogP contribution < -0.4 is 21.0 Å². The third-order valence-electron chi connectivity index (χ3n) is 6.37. The molecule has 0 spiro atoms. The second-order valence-electron chi connectivity index (χ2n) is 8.77. The number of nitrogens with zero attached hydrogens (tertiary/aromatic N) is 2. The molecule has 176 valence electrons.